The molecule has 0 saturated heterocycles. The lowest BCUT2D eigenvalue weighted by Crippen LogP contribution is -2.28. The van der Waals surface area contributed by atoms with E-state index in [1.54, 1.807) is 30.5 Å². The quantitative estimate of drug-likeness (QED) is 0.428. The summed E-state index contributed by atoms with van der Waals surface area (Å²) in [5.41, 5.74) is 7.59. The Hall–Kier alpha value is -3.52. The first-order chi connectivity index (χ1) is 15.9. The van der Waals surface area contributed by atoms with Crippen molar-refractivity contribution >= 4 is 29.1 Å². The van der Waals surface area contributed by atoms with Gasteiger partial charge in [-0.25, -0.2) is 13.3 Å². The second-order valence-electron chi connectivity index (χ2n) is 8.27. The maximum atomic E-state index is 15.4. The van der Waals surface area contributed by atoms with Crippen LogP contribution in [0.15, 0.2) is 54.7 Å². The summed E-state index contributed by atoms with van der Waals surface area (Å²) in [7, 11) is 0. The fourth-order valence-electron chi connectivity index (χ4n) is 4.19. The van der Waals surface area contributed by atoms with E-state index in [0.29, 0.717) is 24.2 Å². The third-order valence-corrected chi connectivity index (χ3v) is 6.50. The third-order valence-electron chi connectivity index (χ3n) is 6.18. The van der Waals surface area contributed by atoms with Crippen LogP contribution >= 0.6 is 11.6 Å². The van der Waals surface area contributed by atoms with Crippen molar-refractivity contribution in [3.8, 4) is 11.1 Å². The van der Waals surface area contributed by atoms with Crippen molar-refractivity contribution in [1.82, 2.24) is 19.9 Å². The molecular weight excluding hydrogens is 448 g/mol. The van der Waals surface area contributed by atoms with E-state index >= 15 is 4.39 Å². The first kappa shape index (κ1) is 21.3. The molecule has 0 atom stereocenters. The highest BCUT2D eigenvalue weighted by Gasteiger charge is 2.43. The van der Waals surface area contributed by atoms with Crippen LogP contribution < -0.4 is 11.1 Å². The molecule has 3 N–H and O–H groups in total. The summed E-state index contributed by atoms with van der Waals surface area (Å²) >= 11 is 6.19. The summed E-state index contributed by atoms with van der Waals surface area (Å²) in [6.07, 6.45) is 4.23. The van der Waals surface area contributed by atoms with Gasteiger partial charge in [0, 0.05) is 18.3 Å². The molecular formula is C24H20ClF2N5O. The molecule has 2 aromatic carbocycles. The number of halogens is 3. The minimum Gasteiger partial charge on any atom is -0.366 e. The molecule has 1 fully saturated rings. The van der Waals surface area contributed by atoms with Gasteiger partial charge in [0.15, 0.2) is 5.65 Å². The highest BCUT2D eigenvalue weighted by atomic mass is 35.5. The van der Waals surface area contributed by atoms with E-state index in [9.17, 15) is 9.18 Å². The monoisotopic (exact) mass is 467 g/mol. The molecule has 4 aromatic rings. The van der Waals surface area contributed by atoms with Gasteiger partial charge in [0.2, 0.25) is 5.95 Å². The number of amides is 1. The van der Waals surface area contributed by atoms with E-state index in [2.05, 4.69) is 15.4 Å². The standard InChI is InChI=1S/C24H20ClF2N5O/c25-18-6-5-17(14-7-12-32-19(13-14)30-23(28)31-32)21(27)20(18)22(33)29-11-10-24(8-9-24)15-1-3-16(26)4-2-15/h1-7,12-13H,8-11H2,(H2,28,31)(H,29,33). The molecule has 168 valence electrons. The van der Waals surface area contributed by atoms with E-state index < -0.39 is 11.7 Å². The van der Waals surface area contributed by atoms with Crippen LogP contribution in [0.2, 0.25) is 5.02 Å². The Balaban J connectivity index is 1.34. The molecule has 2 heterocycles. The lowest BCUT2D eigenvalue weighted by Gasteiger charge is -2.17. The van der Waals surface area contributed by atoms with Crippen LogP contribution in [0.4, 0.5) is 14.7 Å². The number of rotatable bonds is 6. The predicted octanol–water partition coefficient (Wildman–Crippen LogP) is 4.76. The number of benzene rings is 2. The lowest BCUT2D eigenvalue weighted by atomic mass is 9.92. The van der Waals surface area contributed by atoms with Crippen LogP contribution in [0.3, 0.4) is 0 Å². The van der Waals surface area contributed by atoms with Crippen molar-refractivity contribution < 1.29 is 13.6 Å². The van der Waals surface area contributed by atoms with Crippen LogP contribution in [0, 0.1) is 11.6 Å². The normalized spacial score (nSPS) is 14.4. The number of carbonyl (C=O) groups excluding carboxylic acids is 1. The zero-order valence-electron chi connectivity index (χ0n) is 17.5. The van der Waals surface area contributed by atoms with Gasteiger partial charge >= 0.3 is 0 Å². The molecule has 0 aliphatic heterocycles. The number of nitrogens with two attached hydrogens (primary N) is 1. The molecule has 0 unspecified atom stereocenters. The van der Waals surface area contributed by atoms with Gasteiger partial charge in [-0.3, -0.25) is 4.79 Å². The van der Waals surface area contributed by atoms with Crippen molar-refractivity contribution in [1.29, 1.82) is 0 Å². The summed E-state index contributed by atoms with van der Waals surface area (Å²) < 4.78 is 30.1. The first-order valence-corrected chi connectivity index (χ1v) is 10.9. The largest absolute Gasteiger partial charge is 0.366 e. The first-order valence-electron chi connectivity index (χ1n) is 10.5. The van der Waals surface area contributed by atoms with Gasteiger partial charge in [-0.2, -0.15) is 4.98 Å². The Bertz CT molecular complexity index is 1370. The lowest BCUT2D eigenvalue weighted by molar-refractivity contribution is 0.0948. The summed E-state index contributed by atoms with van der Waals surface area (Å²) in [6, 6.07) is 12.8. The number of aromatic nitrogens is 3. The van der Waals surface area contributed by atoms with Gasteiger partial charge in [-0.15, -0.1) is 5.10 Å². The molecule has 5 rings (SSSR count). The van der Waals surface area contributed by atoms with Gasteiger partial charge in [0.1, 0.15) is 11.6 Å². The molecule has 6 nitrogen and oxygen atoms in total. The number of carbonyl (C=O) groups is 1. The van der Waals surface area contributed by atoms with E-state index in [4.69, 9.17) is 17.3 Å². The Morgan fingerprint density at radius 2 is 1.91 bits per heavy atom. The minimum absolute atomic E-state index is 0.0289. The molecule has 1 aliphatic carbocycles. The maximum Gasteiger partial charge on any atom is 0.255 e. The van der Waals surface area contributed by atoms with Crippen LogP contribution in [0.1, 0.15) is 35.2 Å². The average molecular weight is 468 g/mol. The van der Waals surface area contributed by atoms with Crippen molar-refractivity contribution in [2.24, 2.45) is 0 Å². The van der Waals surface area contributed by atoms with Crippen molar-refractivity contribution in [3.05, 3.63) is 82.5 Å². The Morgan fingerprint density at radius 3 is 2.64 bits per heavy atom. The number of pyridine rings is 1. The molecule has 0 radical (unpaired) electrons. The molecule has 1 amide bonds. The van der Waals surface area contributed by atoms with Crippen molar-refractivity contribution in [2.45, 2.75) is 24.7 Å². The summed E-state index contributed by atoms with van der Waals surface area (Å²) in [4.78, 5) is 16.9. The van der Waals surface area contributed by atoms with Crippen LogP contribution in [0.5, 0.6) is 0 Å². The number of anilines is 1. The fourth-order valence-corrected chi connectivity index (χ4v) is 4.42. The zero-order chi connectivity index (χ0) is 23.2. The molecule has 1 aliphatic rings. The maximum absolute atomic E-state index is 15.4. The van der Waals surface area contributed by atoms with Gasteiger partial charge < -0.3 is 11.1 Å². The molecule has 0 bridgehead atoms. The number of nitrogens with one attached hydrogen (secondary N) is 1. The second kappa shape index (κ2) is 8.12. The fraction of sp³-hybridized carbons (Fsp3) is 0.208. The third kappa shape index (κ3) is 4.02. The summed E-state index contributed by atoms with van der Waals surface area (Å²) in [6.45, 7) is 0.348. The number of nitrogen functional groups attached to an aromatic ring is 1. The molecule has 0 spiro atoms. The molecule has 1 saturated carbocycles. The number of hydrogen-bond acceptors (Lipinski definition) is 4. The average Bonchev–Trinajstić information content (AvgIpc) is 3.47. The zero-order valence-corrected chi connectivity index (χ0v) is 18.2. The number of fused-ring (bicyclic) bond motifs is 1. The smallest absolute Gasteiger partial charge is 0.255 e. The highest BCUT2D eigenvalue weighted by Crippen LogP contribution is 2.50. The Labute approximate surface area is 193 Å². The summed E-state index contributed by atoms with van der Waals surface area (Å²) in [5, 5.41) is 6.82. The number of nitrogens with zero attached hydrogens (tertiary/aromatic N) is 3. The van der Waals surface area contributed by atoms with Crippen LogP contribution in [0.25, 0.3) is 16.8 Å². The predicted molar refractivity (Wildman–Crippen MR) is 122 cm³/mol. The van der Waals surface area contributed by atoms with Crippen LogP contribution in [-0.4, -0.2) is 27.0 Å². The SMILES string of the molecule is Nc1nc2cc(-c3ccc(Cl)c(C(=O)NCCC4(c5ccc(F)cc5)CC4)c3F)ccn2n1. The highest BCUT2D eigenvalue weighted by molar-refractivity contribution is 6.34. The minimum atomic E-state index is -0.712. The Morgan fingerprint density at radius 1 is 1.15 bits per heavy atom. The van der Waals surface area contributed by atoms with Gasteiger partial charge in [-0.1, -0.05) is 23.7 Å². The van der Waals surface area contributed by atoms with E-state index in [1.807, 2.05) is 0 Å². The van der Waals surface area contributed by atoms with Crippen molar-refractivity contribution in [3.63, 3.8) is 0 Å². The van der Waals surface area contributed by atoms with Gasteiger partial charge in [-0.05, 0) is 72.2 Å². The second-order valence-corrected chi connectivity index (χ2v) is 8.67. The number of hydrogen-bond donors (Lipinski definition) is 2. The van der Waals surface area contributed by atoms with E-state index in [1.165, 1.54) is 28.8 Å². The van der Waals surface area contributed by atoms with E-state index in [-0.39, 0.29) is 33.3 Å². The Kier molecular flexibility index (Phi) is 5.25. The molecule has 33 heavy (non-hydrogen) atoms. The summed E-state index contributed by atoms with van der Waals surface area (Å²) in [5.74, 6) is -1.46. The molecule has 9 heteroatoms. The topological polar surface area (TPSA) is 85.3 Å². The molecule has 2 aromatic heterocycles. The van der Waals surface area contributed by atoms with E-state index in [0.717, 1.165) is 18.4 Å². The van der Waals surface area contributed by atoms with Crippen LogP contribution in [-0.2, 0) is 5.41 Å². The van der Waals surface area contributed by atoms with Crippen molar-refractivity contribution in [2.75, 3.05) is 12.3 Å². The van der Waals surface area contributed by atoms with Gasteiger partial charge in [0.25, 0.3) is 5.91 Å². The van der Waals surface area contributed by atoms with Gasteiger partial charge in [0.05, 0.1) is 10.6 Å².